The van der Waals surface area contributed by atoms with Gasteiger partial charge in [0.15, 0.2) is 23.2 Å². The highest BCUT2D eigenvalue weighted by atomic mass is 35.5. The Kier molecular flexibility index (Phi) is 5.90. The number of fused-ring (bicyclic) bond motifs is 1. The van der Waals surface area contributed by atoms with Gasteiger partial charge in [-0.1, -0.05) is 24.4 Å². The molecule has 1 aromatic carbocycles. The van der Waals surface area contributed by atoms with Crippen LogP contribution in [0.4, 0.5) is 10.2 Å². The molecule has 0 unspecified atom stereocenters. The molecule has 2 aromatic heterocycles. The van der Waals surface area contributed by atoms with E-state index in [2.05, 4.69) is 25.6 Å². The van der Waals surface area contributed by atoms with Crippen molar-refractivity contribution >= 4 is 34.5 Å². The van der Waals surface area contributed by atoms with Crippen molar-refractivity contribution in [2.75, 3.05) is 5.32 Å². The summed E-state index contributed by atoms with van der Waals surface area (Å²) >= 11 is 5.79. The Labute approximate surface area is 194 Å². The van der Waals surface area contributed by atoms with E-state index >= 15 is 0 Å². The van der Waals surface area contributed by atoms with Crippen molar-refractivity contribution in [2.24, 2.45) is 0 Å². The highest BCUT2D eigenvalue weighted by Crippen LogP contribution is 2.33. The van der Waals surface area contributed by atoms with Crippen LogP contribution in [0.1, 0.15) is 49.2 Å². The molecule has 1 aliphatic carbocycles. The van der Waals surface area contributed by atoms with Crippen LogP contribution in [0.15, 0.2) is 30.9 Å². The van der Waals surface area contributed by atoms with Crippen LogP contribution in [0, 0.1) is 5.82 Å². The van der Waals surface area contributed by atoms with Crippen LogP contribution in [0.3, 0.4) is 0 Å². The number of carbonyl (C=O) groups excluding carboxylic acids is 1. The first-order valence-electron chi connectivity index (χ1n) is 11.0. The lowest BCUT2D eigenvalue weighted by molar-refractivity contribution is -0.0297. The molecule has 4 atom stereocenters. The lowest BCUT2D eigenvalue weighted by atomic mass is 10.1. The van der Waals surface area contributed by atoms with E-state index in [1.165, 1.54) is 31.3 Å². The minimum atomic E-state index is -1.07. The van der Waals surface area contributed by atoms with Gasteiger partial charge in [-0.25, -0.2) is 19.3 Å². The first-order valence-corrected chi connectivity index (χ1v) is 11.3. The molecule has 2 fully saturated rings. The molecule has 5 rings (SSSR count). The summed E-state index contributed by atoms with van der Waals surface area (Å²) in [5.74, 6) is -0.441. The summed E-state index contributed by atoms with van der Waals surface area (Å²) in [5, 5.41) is 17.1. The van der Waals surface area contributed by atoms with E-state index in [9.17, 15) is 14.3 Å². The highest BCUT2D eigenvalue weighted by Gasteiger charge is 2.44. The minimum Gasteiger partial charge on any atom is -0.386 e. The molecular weight excluding hydrogens is 451 g/mol. The molecule has 0 spiro atoms. The van der Waals surface area contributed by atoms with E-state index < -0.39 is 36.2 Å². The van der Waals surface area contributed by atoms with Gasteiger partial charge in [0.05, 0.1) is 23.5 Å². The molecule has 1 saturated carbocycles. The number of nitrogens with one attached hydrogen (secondary N) is 2. The Hall–Kier alpha value is -2.82. The van der Waals surface area contributed by atoms with Crippen molar-refractivity contribution < 1.29 is 19.0 Å². The average molecular weight is 475 g/mol. The number of ether oxygens (including phenoxy) is 1. The number of aromatic nitrogens is 4. The van der Waals surface area contributed by atoms with Crippen molar-refractivity contribution in [1.29, 1.82) is 0 Å². The second-order valence-corrected chi connectivity index (χ2v) is 8.93. The van der Waals surface area contributed by atoms with E-state index in [1.54, 1.807) is 17.8 Å². The number of hydrogen-bond donors (Lipinski definition) is 3. The molecule has 3 heterocycles. The lowest BCUT2D eigenvalue weighted by Crippen LogP contribution is -2.46. The van der Waals surface area contributed by atoms with Crippen LogP contribution in [-0.4, -0.2) is 54.8 Å². The number of amides is 1. The lowest BCUT2D eigenvalue weighted by Gasteiger charge is -2.20. The number of halogens is 2. The number of benzene rings is 1. The van der Waals surface area contributed by atoms with Crippen molar-refractivity contribution in [1.82, 2.24) is 24.8 Å². The van der Waals surface area contributed by atoms with Crippen LogP contribution >= 0.6 is 11.6 Å². The number of nitrogens with zero attached hydrogens (tertiary/aromatic N) is 4. The molecule has 33 heavy (non-hydrogen) atoms. The molecule has 11 heteroatoms. The molecule has 0 bridgehead atoms. The third-order valence-corrected chi connectivity index (χ3v) is 6.62. The number of aliphatic hydroxyl groups is 1. The van der Waals surface area contributed by atoms with Crippen LogP contribution in [0.5, 0.6) is 0 Å². The smallest absolute Gasteiger partial charge is 0.251 e. The van der Waals surface area contributed by atoms with Gasteiger partial charge in [-0.15, -0.1) is 0 Å². The van der Waals surface area contributed by atoms with Crippen molar-refractivity contribution in [3.05, 3.63) is 47.3 Å². The van der Waals surface area contributed by atoms with E-state index in [4.69, 9.17) is 16.3 Å². The molecule has 3 aromatic rings. The maximum Gasteiger partial charge on any atom is 0.251 e. The maximum absolute atomic E-state index is 13.4. The second kappa shape index (κ2) is 8.85. The number of imidazole rings is 1. The van der Waals surface area contributed by atoms with E-state index in [1.807, 2.05) is 0 Å². The summed E-state index contributed by atoms with van der Waals surface area (Å²) in [6, 6.07) is 3.36. The zero-order valence-corrected chi connectivity index (χ0v) is 18.7. The highest BCUT2D eigenvalue weighted by molar-refractivity contribution is 6.31. The zero-order valence-electron chi connectivity index (χ0n) is 17.9. The van der Waals surface area contributed by atoms with Crippen molar-refractivity contribution in [2.45, 2.75) is 63.1 Å². The van der Waals surface area contributed by atoms with Gasteiger partial charge in [0.1, 0.15) is 18.2 Å². The van der Waals surface area contributed by atoms with Gasteiger partial charge in [0, 0.05) is 11.6 Å². The Morgan fingerprint density at radius 2 is 2.06 bits per heavy atom. The molecule has 174 valence electrons. The summed E-state index contributed by atoms with van der Waals surface area (Å²) in [5.41, 5.74) is 1.31. The van der Waals surface area contributed by atoms with Gasteiger partial charge in [0.2, 0.25) is 0 Å². The number of rotatable bonds is 5. The van der Waals surface area contributed by atoms with Crippen LogP contribution in [-0.2, 0) is 4.74 Å². The number of anilines is 1. The Bertz CT molecular complexity index is 1180. The first kappa shape index (κ1) is 22.0. The molecule has 3 N–H and O–H groups in total. The van der Waals surface area contributed by atoms with Gasteiger partial charge < -0.3 is 20.5 Å². The predicted octanol–water partition coefficient (Wildman–Crippen LogP) is 3.05. The molecule has 2 aliphatic rings. The van der Waals surface area contributed by atoms with Gasteiger partial charge in [0.25, 0.3) is 5.91 Å². The molecule has 1 aliphatic heterocycles. The van der Waals surface area contributed by atoms with E-state index in [0.717, 1.165) is 18.9 Å². The van der Waals surface area contributed by atoms with E-state index in [-0.39, 0.29) is 10.6 Å². The molecule has 1 saturated heterocycles. The minimum absolute atomic E-state index is 0.150. The zero-order chi connectivity index (χ0) is 23.1. The fraction of sp³-hybridized carbons (Fsp3) is 0.455. The maximum atomic E-state index is 13.4. The van der Waals surface area contributed by atoms with Gasteiger partial charge in [-0.05, 0) is 38.0 Å². The summed E-state index contributed by atoms with van der Waals surface area (Å²) in [6.07, 6.45) is 5.21. The van der Waals surface area contributed by atoms with Crippen LogP contribution in [0.25, 0.3) is 11.2 Å². The van der Waals surface area contributed by atoms with E-state index in [0.29, 0.717) is 23.0 Å². The average Bonchev–Trinajstić information content (AvgIpc) is 3.52. The van der Waals surface area contributed by atoms with Crippen molar-refractivity contribution in [3.63, 3.8) is 0 Å². The van der Waals surface area contributed by atoms with Crippen molar-refractivity contribution in [3.8, 4) is 0 Å². The van der Waals surface area contributed by atoms with Gasteiger partial charge in [-0.2, -0.15) is 0 Å². The Morgan fingerprint density at radius 3 is 2.82 bits per heavy atom. The van der Waals surface area contributed by atoms with Crippen LogP contribution < -0.4 is 10.6 Å². The quantitative estimate of drug-likeness (QED) is 0.520. The van der Waals surface area contributed by atoms with Gasteiger partial charge >= 0.3 is 0 Å². The van der Waals surface area contributed by atoms with Crippen LogP contribution in [0.2, 0.25) is 5.02 Å². The molecular formula is C22H24ClFN6O3. The number of carbonyl (C=O) groups is 1. The standard InChI is InChI=1S/C22H24ClFN6O3/c1-11-16(29-21(32)12-6-7-15(24)14(23)8-12)18(31)22(33-11)30-10-27-17-19(25-9-26-20(17)30)28-13-4-2-3-5-13/h6-11,13,16,18,22,31H,2-5H2,1H3,(H,29,32)(H,25,26,28)/t11-,16+,18-,22-/m1/s1. The molecule has 1 amide bonds. The monoisotopic (exact) mass is 474 g/mol. The summed E-state index contributed by atoms with van der Waals surface area (Å²) in [4.78, 5) is 25.8. The Morgan fingerprint density at radius 1 is 1.27 bits per heavy atom. The number of aliphatic hydroxyl groups excluding tert-OH is 1. The predicted molar refractivity (Wildman–Crippen MR) is 119 cm³/mol. The third kappa shape index (κ3) is 4.14. The molecule has 0 radical (unpaired) electrons. The fourth-order valence-electron chi connectivity index (χ4n) is 4.55. The topological polar surface area (TPSA) is 114 Å². The third-order valence-electron chi connectivity index (χ3n) is 6.33. The molecule has 9 nitrogen and oxygen atoms in total. The summed E-state index contributed by atoms with van der Waals surface area (Å²) < 4.78 is 21.1. The number of hydrogen-bond acceptors (Lipinski definition) is 7. The SMILES string of the molecule is C[C@H]1O[C@@H](n2cnc3c(NC4CCCC4)ncnc32)[C@H](O)[C@H]1NC(=O)c1ccc(F)c(Cl)c1. The second-order valence-electron chi connectivity index (χ2n) is 8.52. The van der Waals surface area contributed by atoms with Gasteiger partial charge in [-0.3, -0.25) is 9.36 Å². The first-order chi connectivity index (χ1) is 15.9. The summed E-state index contributed by atoms with van der Waals surface area (Å²) in [6.45, 7) is 1.76. The normalized spacial score (nSPS) is 25.6. The Balaban J connectivity index is 1.36. The largest absolute Gasteiger partial charge is 0.386 e. The fourth-order valence-corrected chi connectivity index (χ4v) is 4.73. The summed E-state index contributed by atoms with van der Waals surface area (Å²) in [7, 11) is 0.